The van der Waals surface area contributed by atoms with Crippen molar-refractivity contribution in [2.24, 2.45) is 0 Å². The van der Waals surface area contributed by atoms with Gasteiger partial charge in [0.1, 0.15) is 5.75 Å². The number of aryl methyl sites for hydroxylation is 3. The van der Waals surface area contributed by atoms with E-state index < -0.39 is 0 Å². The summed E-state index contributed by atoms with van der Waals surface area (Å²) in [4.78, 5) is 0. The van der Waals surface area contributed by atoms with Gasteiger partial charge in [-0.2, -0.15) is 0 Å². The highest BCUT2D eigenvalue weighted by molar-refractivity contribution is 5.71. The van der Waals surface area contributed by atoms with Crippen LogP contribution >= 0.6 is 0 Å². The third-order valence-electron chi connectivity index (χ3n) is 3.02. The van der Waals surface area contributed by atoms with Crippen molar-refractivity contribution >= 4 is 12.2 Å². The number of rotatable bonds is 2. The number of aromatic hydroxyl groups is 1. The molecule has 0 spiro atoms. The average Bonchev–Trinajstić information content (AvgIpc) is 2.33. The van der Waals surface area contributed by atoms with Gasteiger partial charge in [-0.15, -0.1) is 0 Å². The lowest BCUT2D eigenvalue weighted by Gasteiger charge is -2.04. The Morgan fingerprint density at radius 1 is 0.833 bits per heavy atom. The molecule has 0 amide bonds. The molecule has 1 heteroatoms. The van der Waals surface area contributed by atoms with E-state index in [-0.39, 0.29) is 0 Å². The smallest absolute Gasteiger partial charge is 0.121 e. The van der Waals surface area contributed by atoms with Crippen LogP contribution in [-0.2, 0) is 0 Å². The Kier molecular flexibility index (Phi) is 3.52. The third-order valence-corrected chi connectivity index (χ3v) is 3.02. The third kappa shape index (κ3) is 2.80. The van der Waals surface area contributed by atoms with Crippen molar-refractivity contribution in [3.05, 3.63) is 64.2 Å². The van der Waals surface area contributed by atoms with Gasteiger partial charge in [-0.05, 0) is 55.2 Å². The molecule has 0 aliphatic heterocycles. The molecule has 0 aromatic heterocycles. The molecule has 0 aliphatic rings. The minimum absolute atomic E-state index is 0.391. The van der Waals surface area contributed by atoms with E-state index in [1.807, 2.05) is 26.0 Å². The maximum Gasteiger partial charge on any atom is 0.121 e. The van der Waals surface area contributed by atoms with Crippen LogP contribution in [0.4, 0.5) is 0 Å². The molecule has 2 aromatic carbocycles. The maximum absolute atomic E-state index is 9.73. The Hall–Kier alpha value is -2.02. The summed E-state index contributed by atoms with van der Waals surface area (Å²) >= 11 is 0. The molecule has 0 unspecified atom stereocenters. The first-order valence-electron chi connectivity index (χ1n) is 6.11. The van der Waals surface area contributed by atoms with Crippen LogP contribution in [0.3, 0.4) is 0 Å². The van der Waals surface area contributed by atoms with Crippen molar-refractivity contribution < 1.29 is 5.11 Å². The predicted octanol–water partition coefficient (Wildman–Crippen LogP) is 4.49. The van der Waals surface area contributed by atoms with Crippen molar-refractivity contribution in [2.75, 3.05) is 0 Å². The van der Waals surface area contributed by atoms with Gasteiger partial charge < -0.3 is 5.11 Å². The topological polar surface area (TPSA) is 20.2 Å². The van der Waals surface area contributed by atoms with Crippen LogP contribution in [0, 0.1) is 20.8 Å². The van der Waals surface area contributed by atoms with E-state index in [0.29, 0.717) is 5.75 Å². The van der Waals surface area contributed by atoms with E-state index in [0.717, 1.165) is 16.7 Å². The number of benzene rings is 2. The second-order valence-electron chi connectivity index (χ2n) is 4.75. The molecule has 0 bridgehead atoms. The van der Waals surface area contributed by atoms with Crippen LogP contribution in [0.1, 0.15) is 27.8 Å². The summed E-state index contributed by atoms with van der Waals surface area (Å²) in [5.41, 5.74) is 5.40. The van der Waals surface area contributed by atoms with Crippen molar-refractivity contribution in [1.82, 2.24) is 0 Å². The van der Waals surface area contributed by atoms with Gasteiger partial charge in [0, 0.05) is 0 Å². The highest BCUT2D eigenvalue weighted by Gasteiger charge is 2.01. The predicted molar refractivity (Wildman–Crippen MR) is 77.7 cm³/mol. The Labute approximate surface area is 108 Å². The summed E-state index contributed by atoms with van der Waals surface area (Å²) in [5.74, 6) is 0.391. The monoisotopic (exact) mass is 238 g/mol. The molecule has 0 fully saturated rings. The fourth-order valence-electron chi connectivity index (χ4n) is 2.05. The Morgan fingerprint density at radius 3 is 2.06 bits per heavy atom. The van der Waals surface area contributed by atoms with Gasteiger partial charge in [0.2, 0.25) is 0 Å². The fourth-order valence-corrected chi connectivity index (χ4v) is 2.05. The van der Waals surface area contributed by atoms with Crippen molar-refractivity contribution in [3.8, 4) is 5.75 Å². The summed E-state index contributed by atoms with van der Waals surface area (Å²) in [6.07, 6.45) is 4.17. The molecule has 0 saturated carbocycles. The first-order valence-corrected chi connectivity index (χ1v) is 6.11. The molecule has 0 radical (unpaired) electrons. The molecule has 0 heterocycles. The lowest BCUT2D eigenvalue weighted by atomic mass is 10.0. The second-order valence-corrected chi connectivity index (χ2v) is 4.75. The number of hydrogen-bond donors (Lipinski definition) is 1. The molecule has 2 aromatic rings. The summed E-state index contributed by atoms with van der Waals surface area (Å²) < 4.78 is 0. The van der Waals surface area contributed by atoms with Gasteiger partial charge in [-0.25, -0.2) is 0 Å². The van der Waals surface area contributed by atoms with Gasteiger partial charge in [0.05, 0.1) is 0 Å². The Morgan fingerprint density at radius 2 is 1.44 bits per heavy atom. The standard InChI is InChI=1S/C17H18O/c1-12-5-4-6-15(9-12)7-8-16-10-13(2)17(18)14(3)11-16/h4-11,18H,1-3H3/b8-7+. The summed E-state index contributed by atoms with van der Waals surface area (Å²) in [6, 6.07) is 12.4. The number of phenolic OH excluding ortho intramolecular Hbond substituents is 1. The lowest BCUT2D eigenvalue weighted by Crippen LogP contribution is -1.83. The quantitative estimate of drug-likeness (QED) is 0.764. The van der Waals surface area contributed by atoms with E-state index in [1.54, 1.807) is 0 Å². The highest BCUT2D eigenvalue weighted by atomic mass is 16.3. The lowest BCUT2D eigenvalue weighted by molar-refractivity contribution is 0.467. The molecule has 18 heavy (non-hydrogen) atoms. The van der Waals surface area contributed by atoms with Gasteiger partial charge in [0.25, 0.3) is 0 Å². The maximum atomic E-state index is 9.73. The first kappa shape index (κ1) is 12.4. The summed E-state index contributed by atoms with van der Waals surface area (Å²) in [6.45, 7) is 5.94. The highest BCUT2D eigenvalue weighted by Crippen LogP contribution is 2.24. The van der Waals surface area contributed by atoms with Gasteiger partial charge in [0.15, 0.2) is 0 Å². The summed E-state index contributed by atoms with van der Waals surface area (Å²) in [7, 11) is 0. The molecule has 1 N–H and O–H groups in total. The van der Waals surface area contributed by atoms with E-state index in [9.17, 15) is 5.11 Å². The van der Waals surface area contributed by atoms with Crippen LogP contribution < -0.4 is 0 Å². The van der Waals surface area contributed by atoms with E-state index in [1.165, 1.54) is 11.1 Å². The van der Waals surface area contributed by atoms with Crippen LogP contribution in [0.15, 0.2) is 36.4 Å². The van der Waals surface area contributed by atoms with Gasteiger partial charge >= 0.3 is 0 Å². The zero-order chi connectivity index (χ0) is 13.1. The van der Waals surface area contributed by atoms with Crippen molar-refractivity contribution in [2.45, 2.75) is 20.8 Å². The average molecular weight is 238 g/mol. The van der Waals surface area contributed by atoms with E-state index in [4.69, 9.17) is 0 Å². The van der Waals surface area contributed by atoms with Crippen LogP contribution in [-0.4, -0.2) is 5.11 Å². The SMILES string of the molecule is Cc1cccc(/C=C/c2cc(C)c(O)c(C)c2)c1. The van der Waals surface area contributed by atoms with Crippen LogP contribution in [0.5, 0.6) is 5.75 Å². The Bertz CT molecular complexity index is 571. The fraction of sp³-hybridized carbons (Fsp3) is 0.176. The zero-order valence-electron chi connectivity index (χ0n) is 11.1. The van der Waals surface area contributed by atoms with Gasteiger partial charge in [-0.3, -0.25) is 0 Å². The molecule has 1 nitrogen and oxygen atoms in total. The number of phenols is 1. The van der Waals surface area contributed by atoms with Crippen LogP contribution in [0.25, 0.3) is 12.2 Å². The second kappa shape index (κ2) is 5.09. The molecule has 0 atom stereocenters. The molecule has 0 aliphatic carbocycles. The molecule has 0 saturated heterocycles. The van der Waals surface area contributed by atoms with E-state index in [2.05, 4.69) is 43.3 Å². The summed E-state index contributed by atoms with van der Waals surface area (Å²) in [5, 5.41) is 9.73. The molecular formula is C17H18O. The Balaban J connectivity index is 2.29. The first-order chi connectivity index (χ1) is 8.56. The largest absolute Gasteiger partial charge is 0.507 e. The minimum atomic E-state index is 0.391. The van der Waals surface area contributed by atoms with E-state index >= 15 is 0 Å². The minimum Gasteiger partial charge on any atom is -0.507 e. The number of hydrogen-bond acceptors (Lipinski definition) is 1. The van der Waals surface area contributed by atoms with Crippen molar-refractivity contribution in [1.29, 1.82) is 0 Å². The van der Waals surface area contributed by atoms with Gasteiger partial charge in [-0.1, -0.05) is 42.0 Å². The molecule has 2 rings (SSSR count). The molecular weight excluding hydrogens is 220 g/mol. The van der Waals surface area contributed by atoms with Crippen molar-refractivity contribution in [3.63, 3.8) is 0 Å². The normalized spacial score (nSPS) is 11.1. The molecule has 92 valence electrons. The zero-order valence-corrected chi connectivity index (χ0v) is 11.1. The van der Waals surface area contributed by atoms with Crippen LogP contribution in [0.2, 0.25) is 0 Å².